The lowest BCUT2D eigenvalue weighted by Crippen LogP contribution is -2.46. The van der Waals surface area contributed by atoms with Crippen LogP contribution < -0.4 is 10.1 Å². The first-order valence-electron chi connectivity index (χ1n) is 7.45. The lowest BCUT2D eigenvalue weighted by atomic mass is 10.0. The van der Waals surface area contributed by atoms with Crippen molar-refractivity contribution in [2.75, 3.05) is 20.2 Å². The van der Waals surface area contributed by atoms with Gasteiger partial charge >= 0.3 is 0 Å². The lowest BCUT2D eigenvalue weighted by molar-refractivity contribution is 0.182. The van der Waals surface area contributed by atoms with Crippen LogP contribution in [0.3, 0.4) is 0 Å². The van der Waals surface area contributed by atoms with E-state index >= 15 is 0 Å². The zero-order chi connectivity index (χ0) is 13.1. The first-order valence-corrected chi connectivity index (χ1v) is 7.45. The highest BCUT2D eigenvalue weighted by Gasteiger charge is 2.27. The van der Waals surface area contributed by atoms with Crippen LogP contribution in [0.25, 0.3) is 0 Å². The van der Waals surface area contributed by atoms with E-state index in [1.54, 1.807) is 7.11 Å². The molecule has 0 aromatic heterocycles. The van der Waals surface area contributed by atoms with Crippen molar-refractivity contribution >= 4 is 0 Å². The normalized spacial score (nSPS) is 24.4. The summed E-state index contributed by atoms with van der Waals surface area (Å²) in [5.74, 6) is 0.960. The van der Waals surface area contributed by atoms with E-state index in [2.05, 4.69) is 28.4 Å². The molecular formula is C16H24N2O. The Labute approximate surface area is 115 Å². The molecule has 1 saturated carbocycles. The van der Waals surface area contributed by atoms with Crippen LogP contribution >= 0.6 is 0 Å². The van der Waals surface area contributed by atoms with Crippen LogP contribution in [0.4, 0.5) is 0 Å². The minimum Gasteiger partial charge on any atom is -0.497 e. The Kier molecular flexibility index (Phi) is 4.04. The lowest BCUT2D eigenvalue weighted by Gasteiger charge is -2.33. The van der Waals surface area contributed by atoms with E-state index in [4.69, 9.17) is 4.74 Å². The number of rotatable bonds is 5. The maximum absolute atomic E-state index is 5.30. The van der Waals surface area contributed by atoms with E-state index in [1.165, 1.54) is 44.3 Å². The fraction of sp³-hybridized carbons (Fsp3) is 0.625. The summed E-state index contributed by atoms with van der Waals surface area (Å²) in [5, 5.41) is 3.76. The number of benzene rings is 1. The topological polar surface area (TPSA) is 24.5 Å². The molecule has 0 amide bonds. The number of methoxy groups -OCH3 is 1. The number of nitrogens with one attached hydrogen (secondary N) is 1. The van der Waals surface area contributed by atoms with E-state index in [-0.39, 0.29) is 0 Å². The smallest absolute Gasteiger partial charge is 0.119 e. The van der Waals surface area contributed by atoms with Crippen LogP contribution in [0.15, 0.2) is 24.3 Å². The molecule has 1 saturated heterocycles. The van der Waals surface area contributed by atoms with Crippen molar-refractivity contribution < 1.29 is 4.74 Å². The van der Waals surface area contributed by atoms with Gasteiger partial charge in [0.1, 0.15) is 5.75 Å². The van der Waals surface area contributed by atoms with Gasteiger partial charge < -0.3 is 10.1 Å². The second kappa shape index (κ2) is 5.93. The van der Waals surface area contributed by atoms with Crippen LogP contribution in [0.2, 0.25) is 0 Å². The average Bonchev–Trinajstić information content (AvgIpc) is 3.23. The zero-order valence-corrected chi connectivity index (χ0v) is 11.8. The summed E-state index contributed by atoms with van der Waals surface area (Å²) in [4.78, 5) is 2.57. The van der Waals surface area contributed by atoms with Crippen molar-refractivity contribution in [2.24, 2.45) is 0 Å². The third kappa shape index (κ3) is 3.71. The minimum absolute atomic E-state index is 0.701. The molecule has 0 radical (unpaired) electrons. The van der Waals surface area contributed by atoms with E-state index in [0.717, 1.165) is 18.3 Å². The van der Waals surface area contributed by atoms with E-state index in [0.29, 0.717) is 6.04 Å². The Bertz CT molecular complexity index is 417. The van der Waals surface area contributed by atoms with Crippen LogP contribution in [-0.2, 0) is 6.54 Å². The number of likely N-dealkylation sites (tertiary alicyclic amines) is 1. The highest BCUT2D eigenvalue weighted by Crippen LogP contribution is 2.23. The number of piperidine rings is 1. The van der Waals surface area contributed by atoms with Crippen molar-refractivity contribution in [3.05, 3.63) is 29.8 Å². The molecule has 1 aliphatic heterocycles. The van der Waals surface area contributed by atoms with Gasteiger partial charge in [0.05, 0.1) is 7.11 Å². The van der Waals surface area contributed by atoms with Gasteiger partial charge in [0.25, 0.3) is 0 Å². The molecule has 3 heteroatoms. The monoisotopic (exact) mass is 260 g/mol. The largest absolute Gasteiger partial charge is 0.497 e. The van der Waals surface area contributed by atoms with Crippen LogP contribution in [0.1, 0.15) is 31.2 Å². The molecule has 0 spiro atoms. The summed E-state index contributed by atoms with van der Waals surface area (Å²) in [6, 6.07) is 9.96. The maximum atomic E-state index is 5.30. The van der Waals surface area contributed by atoms with Gasteiger partial charge in [-0.25, -0.2) is 0 Å². The maximum Gasteiger partial charge on any atom is 0.119 e. The molecule has 19 heavy (non-hydrogen) atoms. The molecular weight excluding hydrogens is 236 g/mol. The van der Waals surface area contributed by atoms with Crippen LogP contribution in [0.5, 0.6) is 5.75 Å². The minimum atomic E-state index is 0.701. The quantitative estimate of drug-likeness (QED) is 0.880. The van der Waals surface area contributed by atoms with Gasteiger partial charge in [-0.05, 0) is 49.9 Å². The first kappa shape index (κ1) is 12.9. The Morgan fingerprint density at radius 2 is 2.16 bits per heavy atom. The fourth-order valence-electron chi connectivity index (χ4n) is 2.95. The zero-order valence-electron chi connectivity index (χ0n) is 11.8. The summed E-state index contributed by atoms with van der Waals surface area (Å²) in [5.41, 5.74) is 1.35. The highest BCUT2D eigenvalue weighted by molar-refractivity contribution is 5.28. The summed E-state index contributed by atoms with van der Waals surface area (Å²) in [7, 11) is 1.73. The SMILES string of the molecule is COc1cccc(CN2CCCC(NC3CC3)C2)c1. The molecule has 2 fully saturated rings. The van der Waals surface area contributed by atoms with Gasteiger partial charge in [-0.1, -0.05) is 12.1 Å². The molecule has 1 N–H and O–H groups in total. The summed E-state index contributed by atoms with van der Waals surface area (Å²) < 4.78 is 5.30. The molecule has 0 bridgehead atoms. The third-order valence-corrected chi connectivity index (χ3v) is 4.09. The molecule has 2 aliphatic rings. The summed E-state index contributed by atoms with van der Waals surface area (Å²) >= 11 is 0. The summed E-state index contributed by atoms with van der Waals surface area (Å²) in [6.45, 7) is 3.45. The van der Waals surface area contributed by atoms with E-state index in [1.807, 2.05) is 6.07 Å². The Morgan fingerprint density at radius 3 is 2.95 bits per heavy atom. The van der Waals surface area contributed by atoms with Crippen molar-refractivity contribution in [3.8, 4) is 5.75 Å². The predicted molar refractivity (Wildman–Crippen MR) is 77.5 cm³/mol. The molecule has 1 aromatic carbocycles. The molecule has 3 nitrogen and oxygen atoms in total. The molecule has 1 aliphatic carbocycles. The molecule has 104 valence electrons. The van der Waals surface area contributed by atoms with Crippen molar-refractivity contribution in [3.63, 3.8) is 0 Å². The average molecular weight is 260 g/mol. The number of nitrogens with zero attached hydrogens (tertiary/aromatic N) is 1. The second-order valence-corrected chi connectivity index (χ2v) is 5.87. The van der Waals surface area contributed by atoms with Gasteiger partial charge in [-0.15, -0.1) is 0 Å². The van der Waals surface area contributed by atoms with Crippen LogP contribution in [-0.4, -0.2) is 37.2 Å². The van der Waals surface area contributed by atoms with E-state index in [9.17, 15) is 0 Å². The van der Waals surface area contributed by atoms with Crippen molar-refractivity contribution in [2.45, 2.75) is 44.3 Å². The Morgan fingerprint density at radius 1 is 1.26 bits per heavy atom. The molecule has 3 rings (SSSR count). The standard InChI is InChI=1S/C16H24N2O/c1-19-16-6-2-4-13(10-16)11-18-9-3-5-15(12-18)17-14-7-8-14/h2,4,6,10,14-15,17H,3,5,7-9,11-12H2,1H3. The van der Waals surface area contributed by atoms with Crippen molar-refractivity contribution in [1.82, 2.24) is 10.2 Å². The molecule has 1 atom stereocenters. The number of hydrogen-bond acceptors (Lipinski definition) is 3. The molecule has 1 unspecified atom stereocenters. The second-order valence-electron chi connectivity index (χ2n) is 5.87. The van der Waals surface area contributed by atoms with Gasteiger partial charge in [-0.3, -0.25) is 4.90 Å². The fourth-order valence-corrected chi connectivity index (χ4v) is 2.95. The van der Waals surface area contributed by atoms with Gasteiger partial charge in [0, 0.05) is 25.2 Å². The van der Waals surface area contributed by atoms with E-state index < -0.39 is 0 Å². The number of ether oxygens (including phenoxy) is 1. The predicted octanol–water partition coefficient (Wildman–Crippen LogP) is 2.41. The third-order valence-electron chi connectivity index (χ3n) is 4.09. The Balaban J connectivity index is 1.55. The number of hydrogen-bond donors (Lipinski definition) is 1. The van der Waals surface area contributed by atoms with Crippen LogP contribution in [0, 0.1) is 0 Å². The molecule has 1 aromatic rings. The van der Waals surface area contributed by atoms with Gasteiger partial charge in [-0.2, -0.15) is 0 Å². The highest BCUT2D eigenvalue weighted by atomic mass is 16.5. The van der Waals surface area contributed by atoms with Crippen molar-refractivity contribution in [1.29, 1.82) is 0 Å². The van der Waals surface area contributed by atoms with Gasteiger partial charge in [0.2, 0.25) is 0 Å². The van der Waals surface area contributed by atoms with Gasteiger partial charge in [0.15, 0.2) is 0 Å². The summed E-state index contributed by atoms with van der Waals surface area (Å²) in [6.07, 6.45) is 5.41. The Hall–Kier alpha value is -1.06. The first-order chi connectivity index (χ1) is 9.33. The molecule has 1 heterocycles.